The molecule has 3 rings (SSSR count). The highest BCUT2D eigenvalue weighted by molar-refractivity contribution is 6.33. The van der Waals surface area contributed by atoms with Crippen LogP contribution in [0.4, 0.5) is 10.1 Å². The summed E-state index contributed by atoms with van der Waals surface area (Å²) < 4.78 is 28.8. The number of carbonyl (C=O) groups excluding carboxylic acids is 2. The lowest BCUT2D eigenvalue weighted by Gasteiger charge is -2.07. The van der Waals surface area contributed by atoms with Gasteiger partial charge in [-0.3, -0.25) is 4.79 Å². The fraction of sp³-hybridized carbons (Fsp3) is 0.100. The van der Waals surface area contributed by atoms with Crippen molar-refractivity contribution in [3.63, 3.8) is 0 Å². The first kappa shape index (κ1) is 19.4. The van der Waals surface area contributed by atoms with E-state index in [9.17, 15) is 14.0 Å². The number of carbonyl (C=O) groups is 2. The van der Waals surface area contributed by atoms with Crippen LogP contribution in [0, 0.1) is 5.82 Å². The number of hydrogen-bond acceptors (Lipinski definition) is 5. The molecule has 1 N–H and O–H groups in total. The van der Waals surface area contributed by atoms with E-state index in [2.05, 4.69) is 5.32 Å². The maximum Gasteiger partial charge on any atom is 0.374 e. The predicted octanol–water partition coefficient (Wildman–Crippen LogP) is 4.45. The average Bonchev–Trinajstić information content (AvgIpc) is 3.17. The molecule has 6 nitrogen and oxygen atoms in total. The third-order valence-electron chi connectivity index (χ3n) is 3.53. The molecule has 0 saturated carbocycles. The van der Waals surface area contributed by atoms with Gasteiger partial charge >= 0.3 is 5.97 Å². The topological polar surface area (TPSA) is 77.8 Å². The number of para-hydroxylation sites is 1. The first-order chi connectivity index (χ1) is 13.5. The highest BCUT2D eigenvalue weighted by atomic mass is 35.5. The second-order valence-electron chi connectivity index (χ2n) is 5.62. The number of halogens is 2. The number of furan rings is 1. The molecule has 0 bridgehead atoms. The lowest BCUT2D eigenvalue weighted by Crippen LogP contribution is -2.21. The molecule has 144 valence electrons. The molecule has 8 heteroatoms. The van der Waals surface area contributed by atoms with Crippen molar-refractivity contribution in [2.24, 2.45) is 0 Å². The van der Waals surface area contributed by atoms with Crippen molar-refractivity contribution in [2.45, 2.75) is 6.61 Å². The lowest BCUT2D eigenvalue weighted by atomic mass is 10.3. The summed E-state index contributed by atoms with van der Waals surface area (Å²) in [5.74, 6) is -0.913. The number of nitrogens with one attached hydrogen (secondary N) is 1. The molecule has 1 heterocycles. The number of rotatable bonds is 7. The van der Waals surface area contributed by atoms with Gasteiger partial charge in [0.1, 0.15) is 23.9 Å². The van der Waals surface area contributed by atoms with Crippen molar-refractivity contribution in [3.05, 3.63) is 83.0 Å². The van der Waals surface area contributed by atoms with Crippen molar-refractivity contribution in [2.75, 3.05) is 11.9 Å². The molecule has 1 aromatic heterocycles. The number of amides is 1. The molecule has 0 saturated heterocycles. The monoisotopic (exact) mass is 403 g/mol. The molecule has 0 aliphatic carbocycles. The Morgan fingerprint density at radius 3 is 2.61 bits per heavy atom. The van der Waals surface area contributed by atoms with Crippen LogP contribution in [-0.4, -0.2) is 18.5 Å². The summed E-state index contributed by atoms with van der Waals surface area (Å²) >= 11 is 5.82. The molecular formula is C20H15ClFNO5. The van der Waals surface area contributed by atoms with Crippen LogP contribution in [0.3, 0.4) is 0 Å². The zero-order valence-electron chi connectivity index (χ0n) is 14.5. The molecule has 0 fully saturated rings. The molecule has 3 aromatic rings. The highest BCUT2D eigenvalue weighted by Gasteiger charge is 2.15. The Kier molecular flexibility index (Phi) is 6.29. The third-order valence-corrected chi connectivity index (χ3v) is 3.84. The second-order valence-corrected chi connectivity index (χ2v) is 6.02. The molecule has 1 amide bonds. The van der Waals surface area contributed by atoms with Gasteiger partial charge in [-0.1, -0.05) is 29.8 Å². The molecule has 0 unspecified atom stereocenters. The van der Waals surface area contributed by atoms with Gasteiger partial charge in [0.15, 0.2) is 6.61 Å². The van der Waals surface area contributed by atoms with E-state index in [4.69, 9.17) is 25.5 Å². The van der Waals surface area contributed by atoms with Crippen LogP contribution in [0.15, 0.2) is 65.1 Å². The second kappa shape index (κ2) is 9.05. The van der Waals surface area contributed by atoms with Gasteiger partial charge in [0.25, 0.3) is 5.91 Å². The molecule has 0 atom stereocenters. The van der Waals surface area contributed by atoms with Crippen LogP contribution in [-0.2, 0) is 16.1 Å². The molecule has 0 aliphatic heterocycles. The third kappa shape index (κ3) is 5.34. The van der Waals surface area contributed by atoms with Gasteiger partial charge in [0.2, 0.25) is 5.76 Å². The number of benzene rings is 2. The van der Waals surface area contributed by atoms with Crippen LogP contribution in [0.5, 0.6) is 5.75 Å². The number of esters is 1. The van der Waals surface area contributed by atoms with E-state index in [0.717, 1.165) is 12.1 Å². The summed E-state index contributed by atoms with van der Waals surface area (Å²) in [4.78, 5) is 23.8. The molecule has 0 radical (unpaired) electrons. The number of hydrogen-bond donors (Lipinski definition) is 1. The maximum atomic E-state index is 13.0. The molecular weight excluding hydrogens is 389 g/mol. The average molecular weight is 404 g/mol. The van der Waals surface area contributed by atoms with Gasteiger partial charge in [-0.25, -0.2) is 9.18 Å². The quantitative estimate of drug-likeness (QED) is 0.590. The van der Waals surface area contributed by atoms with E-state index in [-0.39, 0.29) is 23.1 Å². The minimum atomic E-state index is -0.800. The Bertz CT molecular complexity index is 974. The van der Waals surface area contributed by atoms with E-state index in [1.807, 2.05) is 18.2 Å². The SMILES string of the molecule is O=C(COC(=O)c1ccc(COc2ccccc2)o1)Nc1ccc(F)cc1Cl. The Hall–Kier alpha value is -3.32. The van der Waals surface area contributed by atoms with Gasteiger partial charge in [-0.15, -0.1) is 0 Å². The smallest absolute Gasteiger partial charge is 0.374 e. The summed E-state index contributed by atoms with van der Waals surface area (Å²) in [5, 5.41) is 2.46. The highest BCUT2D eigenvalue weighted by Crippen LogP contribution is 2.22. The van der Waals surface area contributed by atoms with Crippen molar-refractivity contribution in [1.29, 1.82) is 0 Å². The number of anilines is 1. The molecule has 0 spiro atoms. The van der Waals surface area contributed by atoms with E-state index in [0.29, 0.717) is 11.5 Å². The standard InChI is InChI=1S/C20H15ClFNO5/c21-16-10-13(22)6-8-17(16)23-19(24)12-27-20(25)18-9-7-15(28-18)11-26-14-4-2-1-3-5-14/h1-10H,11-12H2,(H,23,24). The fourth-order valence-electron chi connectivity index (χ4n) is 2.22. The van der Waals surface area contributed by atoms with E-state index in [1.165, 1.54) is 12.1 Å². The summed E-state index contributed by atoms with van der Waals surface area (Å²) in [6.45, 7) is -0.413. The largest absolute Gasteiger partial charge is 0.486 e. The van der Waals surface area contributed by atoms with Gasteiger partial charge < -0.3 is 19.2 Å². The minimum absolute atomic E-state index is 0.0359. The van der Waals surface area contributed by atoms with Gasteiger partial charge in [0.05, 0.1) is 10.7 Å². The Balaban J connectivity index is 1.48. The Morgan fingerprint density at radius 2 is 1.86 bits per heavy atom. The molecule has 0 aliphatic rings. The van der Waals surface area contributed by atoms with Crippen LogP contribution < -0.4 is 10.1 Å². The van der Waals surface area contributed by atoms with Gasteiger partial charge in [0, 0.05) is 0 Å². The Morgan fingerprint density at radius 1 is 1.07 bits per heavy atom. The van der Waals surface area contributed by atoms with Gasteiger partial charge in [-0.05, 0) is 42.5 Å². The zero-order chi connectivity index (χ0) is 19.9. The summed E-state index contributed by atoms with van der Waals surface area (Å²) in [7, 11) is 0. The lowest BCUT2D eigenvalue weighted by molar-refractivity contribution is -0.119. The molecule has 28 heavy (non-hydrogen) atoms. The minimum Gasteiger partial charge on any atom is -0.486 e. The van der Waals surface area contributed by atoms with Gasteiger partial charge in [-0.2, -0.15) is 0 Å². The van der Waals surface area contributed by atoms with Crippen LogP contribution in [0.1, 0.15) is 16.3 Å². The summed E-state index contributed by atoms with van der Waals surface area (Å²) in [6.07, 6.45) is 0. The predicted molar refractivity (Wildman–Crippen MR) is 99.8 cm³/mol. The molecule has 2 aromatic carbocycles. The Labute approximate surface area is 164 Å². The maximum absolute atomic E-state index is 13.0. The fourth-order valence-corrected chi connectivity index (χ4v) is 2.43. The summed E-state index contributed by atoms with van der Waals surface area (Å²) in [5.41, 5.74) is 0.211. The number of ether oxygens (including phenoxy) is 2. The van der Waals surface area contributed by atoms with E-state index >= 15 is 0 Å². The van der Waals surface area contributed by atoms with E-state index < -0.39 is 24.3 Å². The van der Waals surface area contributed by atoms with Crippen LogP contribution in [0.25, 0.3) is 0 Å². The normalized spacial score (nSPS) is 10.4. The zero-order valence-corrected chi connectivity index (χ0v) is 15.2. The first-order valence-corrected chi connectivity index (χ1v) is 8.57. The first-order valence-electron chi connectivity index (χ1n) is 8.20. The van der Waals surface area contributed by atoms with Crippen molar-refractivity contribution >= 4 is 29.2 Å². The van der Waals surface area contributed by atoms with Crippen molar-refractivity contribution < 1.29 is 27.9 Å². The van der Waals surface area contributed by atoms with Crippen molar-refractivity contribution in [3.8, 4) is 5.75 Å². The van der Waals surface area contributed by atoms with E-state index in [1.54, 1.807) is 18.2 Å². The van der Waals surface area contributed by atoms with Crippen LogP contribution >= 0.6 is 11.6 Å². The van der Waals surface area contributed by atoms with Crippen molar-refractivity contribution in [1.82, 2.24) is 0 Å². The summed E-state index contributed by atoms with van der Waals surface area (Å²) in [6, 6.07) is 15.7. The van der Waals surface area contributed by atoms with Crippen LogP contribution in [0.2, 0.25) is 5.02 Å².